The molecule has 15 heavy (non-hydrogen) atoms. The molecule has 0 aliphatic heterocycles. The van der Waals surface area contributed by atoms with Gasteiger partial charge in [0.1, 0.15) is 0 Å². The predicted octanol–water partition coefficient (Wildman–Crippen LogP) is 1.61. The second-order valence-electron chi connectivity index (χ2n) is 3.51. The Bertz CT molecular complexity index is 343. The van der Waals surface area contributed by atoms with Crippen LogP contribution in [0.2, 0.25) is 0 Å². The van der Waals surface area contributed by atoms with Gasteiger partial charge >= 0.3 is 0 Å². The molecular formula is C13H18N2. The van der Waals surface area contributed by atoms with Crippen LogP contribution in [-0.4, -0.2) is 13.1 Å². The maximum atomic E-state index is 5.71. The van der Waals surface area contributed by atoms with Crippen molar-refractivity contribution >= 4 is 0 Å². The van der Waals surface area contributed by atoms with E-state index in [1.807, 2.05) is 6.92 Å². The Kier molecular flexibility index (Phi) is 4.89. The van der Waals surface area contributed by atoms with Gasteiger partial charge in [0.15, 0.2) is 0 Å². The summed E-state index contributed by atoms with van der Waals surface area (Å²) in [7, 11) is 0. The molecular weight excluding hydrogens is 184 g/mol. The highest BCUT2D eigenvalue weighted by Gasteiger charge is 2.06. The third kappa shape index (κ3) is 3.75. The zero-order valence-electron chi connectivity index (χ0n) is 9.38. The van der Waals surface area contributed by atoms with Crippen molar-refractivity contribution in [3.63, 3.8) is 0 Å². The lowest BCUT2D eigenvalue weighted by molar-refractivity contribution is 0.582. The Balaban J connectivity index is 2.64. The van der Waals surface area contributed by atoms with Crippen LogP contribution in [-0.2, 0) is 0 Å². The number of nitrogens with one attached hydrogen (secondary N) is 1. The van der Waals surface area contributed by atoms with Crippen LogP contribution in [0.5, 0.6) is 0 Å². The third-order valence-electron chi connectivity index (χ3n) is 2.33. The fourth-order valence-corrected chi connectivity index (χ4v) is 1.40. The Morgan fingerprint density at radius 3 is 2.53 bits per heavy atom. The molecule has 2 heteroatoms. The first kappa shape index (κ1) is 11.8. The van der Waals surface area contributed by atoms with Crippen LogP contribution < -0.4 is 11.1 Å². The molecule has 1 rings (SSSR count). The van der Waals surface area contributed by atoms with Crippen LogP contribution in [0, 0.1) is 18.8 Å². The molecule has 0 aliphatic carbocycles. The van der Waals surface area contributed by atoms with Gasteiger partial charge in [-0.15, -0.1) is 5.92 Å². The highest BCUT2D eigenvalue weighted by molar-refractivity contribution is 5.24. The Labute approximate surface area is 91.9 Å². The summed E-state index contributed by atoms with van der Waals surface area (Å²) in [5, 5.41) is 3.31. The van der Waals surface area contributed by atoms with Crippen LogP contribution in [0.3, 0.4) is 0 Å². The molecule has 3 N–H and O–H groups in total. The summed E-state index contributed by atoms with van der Waals surface area (Å²) in [5.74, 6) is 5.83. The number of nitrogens with two attached hydrogens (primary N) is 1. The van der Waals surface area contributed by atoms with Crippen molar-refractivity contribution in [2.24, 2.45) is 5.73 Å². The van der Waals surface area contributed by atoms with Crippen LogP contribution in [0.25, 0.3) is 0 Å². The molecule has 0 aromatic heterocycles. The quantitative estimate of drug-likeness (QED) is 0.728. The van der Waals surface area contributed by atoms with Gasteiger partial charge in [0.25, 0.3) is 0 Å². The van der Waals surface area contributed by atoms with E-state index < -0.39 is 0 Å². The van der Waals surface area contributed by atoms with Gasteiger partial charge in [0.2, 0.25) is 0 Å². The zero-order valence-corrected chi connectivity index (χ0v) is 9.38. The molecule has 0 aliphatic rings. The van der Waals surface area contributed by atoms with E-state index in [-0.39, 0.29) is 6.04 Å². The van der Waals surface area contributed by atoms with Gasteiger partial charge in [-0.3, -0.25) is 5.32 Å². The second-order valence-corrected chi connectivity index (χ2v) is 3.51. The van der Waals surface area contributed by atoms with Crippen LogP contribution in [0.4, 0.5) is 0 Å². The largest absolute Gasteiger partial charge is 0.329 e. The Morgan fingerprint density at radius 1 is 1.33 bits per heavy atom. The maximum absolute atomic E-state index is 5.71. The van der Waals surface area contributed by atoms with Gasteiger partial charge in [-0.2, -0.15) is 0 Å². The summed E-state index contributed by atoms with van der Waals surface area (Å²) in [6.45, 7) is 5.20. The molecule has 1 aromatic rings. The Morgan fingerprint density at radius 2 is 2.00 bits per heavy atom. The molecule has 0 bridgehead atoms. The zero-order chi connectivity index (χ0) is 11.1. The molecule has 1 aromatic carbocycles. The van der Waals surface area contributed by atoms with Gasteiger partial charge < -0.3 is 5.73 Å². The minimum atomic E-state index is 0.200. The number of hydrogen-bond acceptors (Lipinski definition) is 2. The fourth-order valence-electron chi connectivity index (χ4n) is 1.40. The standard InChI is InChI=1S/C13H18N2/c1-3-4-9-15-13(10-14)12-7-5-11(2)6-8-12/h5-8,13,15H,9-10,14H2,1-2H3. The van der Waals surface area contributed by atoms with E-state index in [4.69, 9.17) is 5.73 Å². The van der Waals surface area contributed by atoms with E-state index >= 15 is 0 Å². The molecule has 0 radical (unpaired) electrons. The van der Waals surface area contributed by atoms with E-state index in [0.29, 0.717) is 13.1 Å². The van der Waals surface area contributed by atoms with Crippen molar-refractivity contribution in [2.45, 2.75) is 19.9 Å². The summed E-state index contributed by atoms with van der Waals surface area (Å²) in [5.41, 5.74) is 8.20. The summed E-state index contributed by atoms with van der Waals surface area (Å²) >= 11 is 0. The van der Waals surface area contributed by atoms with Crippen molar-refractivity contribution in [3.05, 3.63) is 35.4 Å². The number of rotatable bonds is 4. The predicted molar refractivity (Wildman–Crippen MR) is 64.4 cm³/mol. The Hall–Kier alpha value is -1.30. The number of benzene rings is 1. The summed E-state index contributed by atoms with van der Waals surface area (Å²) in [4.78, 5) is 0. The highest BCUT2D eigenvalue weighted by Crippen LogP contribution is 2.12. The maximum Gasteiger partial charge on any atom is 0.0581 e. The topological polar surface area (TPSA) is 38.0 Å². The van der Waals surface area contributed by atoms with E-state index in [9.17, 15) is 0 Å². The van der Waals surface area contributed by atoms with E-state index in [2.05, 4.69) is 48.3 Å². The molecule has 0 heterocycles. The van der Waals surface area contributed by atoms with E-state index in [1.165, 1.54) is 11.1 Å². The molecule has 0 saturated heterocycles. The lowest BCUT2D eigenvalue weighted by Crippen LogP contribution is -2.28. The van der Waals surface area contributed by atoms with Gasteiger partial charge in [-0.05, 0) is 19.4 Å². The lowest BCUT2D eigenvalue weighted by atomic mass is 10.1. The van der Waals surface area contributed by atoms with Gasteiger partial charge in [-0.1, -0.05) is 35.7 Å². The number of hydrogen-bond donors (Lipinski definition) is 2. The van der Waals surface area contributed by atoms with Crippen molar-refractivity contribution in [1.29, 1.82) is 0 Å². The molecule has 0 amide bonds. The summed E-state index contributed by atoms with van der Waals surface area (Å²) < 4.78 is 0. The summed E-state index contributed by atoms with van der Waals surface area (Å²) in [6, 6.07) is 8.63. The van der Waals surface area contributed by atoms with Crippen molar-refractivity contribution in [2.75, 3.05) is 13.1 Å². The van der Waals surface area contributed by atoms with Gasteiger partial charge in [0, 0.05) is 12.6 Å². The second kappa shape index (κ2) is 6.23. The average Bonchev–Trinajstić information content (AvgIpc) is 2.26. The third-order valence-corrected chi connectivity index (χ3v) is 2.33. The minimum Gasteiger partial charge on any atom is -0.329 e. The monoisotopic (exact) mass is 202 g/mol. The lowest BCUT2D eigenvalue weighted by Gasteiger charge is -2.15. The van der Waals surface area contributed by atoms with Crippen LogP contribution >= 0.6 is 0 Å². The molecule has 80 valence electrons. The van der Waals surface area contributed by atoms with Crippen LogP contribution in [0.15, 0.2) is 24.3 Å². The van der Waals surface area contributed by atoms with Crippen molar-refractivity contribution < 1.29 is 0 Å². The van der Waals surface area contributed by atoms with Gasteiger partial charge in [0.05, 0.1) is 6.54 Å². The normalized spacial score (nSPS) is 11.7. The van der Waals surface area contributed by atoms with E-state index in [0.717, 1.165) is 0 Å². The SMILES string of the molecule is CC#CCNC(CN)c1ccc(C)cc1. The first-order valence-corrected chi connectivity index (χ1v) is 5.17. The average molecular weight is 202 g/mol. The minimum absolute atomic E-state index is 0.200. The number of aryl methyl sites for hydroxylation is 1. The molecule has 1 atom stereocenters. The van der Waals surface area contributed by atoms with Gasteiger partial charge in [-0.25, -0.2) is 0 Å². The molecule has 1 unspecified atom stereocenters. The summed E-state index contributed by atoms with van der Waals surface area (Å²) in [6.07, 6.45) is 0. The molecule has 0 fully saturated rings. The molecule has 0 saturated carbocycles. The first-order chi connectivity index (χ1) is 7.27. The van der Waals surface area contributed by atoms with Crippen molar-refractivity contribution in [1.82, 2.24) is 5.32 Å². The first-order valence-electron chi connectivity index (χ1n) is 5.17. The van der Waals surface area contributed by atoms with E-state index in [1.54, 1.807) is 0 Å². The van der Waals surface area contributed by atoms with Crippen LogP contribution in [0.1, 0.15) is 24.1 Å². The molecule has 2 nitrogen and oxygen atoms in total. The van der Waals surface area contributed by atoms with Crippen molar-refractivity contribution in [3.8, 4) is 11.8 Å². The fraction of sp³-hybridized carbons (Fsp3) is 0.385. The highest BCUT2D eigenvalue weighted by atomic mass is 14.9. The smallest absolute Gasteiger partial charge is 0.0581 e. The molecule has 0 spiro atoms.